The number of nitrogens with one attached hydrogen (secondary N) is 1. The lowest BCUT2D eigenvalue weighted by Crippen LogP contribution is -2.54. The van der Waals surface area contributed by atoms with Crippen molar-refractivity contribution in [2.75, 3.05) is 11.4 Å². The minimum Gasteiger partial charge on any atom is -0.390 e. The highest BCUT2D eigenvalue weighted by molar-refractivity contribution is 5.93. The van der Waals surface area contributed by atoms with Crippen LogP contribution in [0, 0.1) is 5.41 Å². The number of alkyl halides is 1. The van der Waals surface area contributed by atoms with Crippen LogP contribution in [0.15, 0.2) is 53.1 Å². The van der Waals surface area contributed by atoms with Crippen molar-refractivity contribution in [2.45, 2.75) is 127 Å². The first kappa shape index (κ1) is 32.6. The summed E-state index contributed by atoms with van der Waals surface area (Å²) in [4.78, 5) is 20.6. The third-order valence-corrected chi connectivity index (χ3v) is 11.0. The molecule has 0 atom stereocenters. The molecular formula is C37H49FN4O4. The summed E-state index contributed by atoms with van der Waals surface area (Å²) in [6, 6.07) is 16.0. The Bertz CT molecular complexity index is 1520. The minimum atomic E-state index is -1.68. The van der Waals surface area contributed by atoms with Crippen LogP contribution in [0.3, 0.4) is 0 Å². The highest BCUT2D eigenvalue weighted by Crippen LogP contribution is 2.57. The van der Waals surface area contributed by atoms with Crippen LogP contribution in [0.1, 0.15) is 116 Å². The minimum absolute atomic E-state index is 0.0165. The lowest BCUT2D eigenvalue weighted by Gasteiger charge is -2.53. The number of carbonyl (C=O) groups excluding carboxylic acids is 1. The summed E-state index contributed by atoms with van der Waals surface area (Å²) in [7, 11) is 0. The van der Waals surface area contributed by atoms with Crippen LogP contribution in [0.25, 0.3) is 11.1 Å². The number of rotatable bonds is 8. The molecule has 3 N–H and O–H groups in total. The molecular weight excluding hydrogens is 583 g/mol. The highest BCUT2D eigenvalue weighted by Gasteiger charge is 2.53. The fraction of sp³-hybridized carbons (Fsp3) is 0.595. The first-order valence-electron chi connectivity index (χ1n) is 16.8. The summed E-state index contributed by atoms with van der Waals surface area (Å²) in [6.45, 7) is 8.88. The normalized spacial score (nSPS) is 28.2. The van der Waals surface area contributed by atoms with Gasteiger partial charge >= 0.3 is 6.03 Å². The second kappa shape index (κ2) is 11.7. The maximum atomic E-state index is 14.5. The van der Waals surface area contributed by atoms with Crippen LogP contribution in [0.4, 0.5) is 14.9 Å². The number of benzene rings is 2. The lowest BCUT2D eigenvalue weighted by molar-refractivity contribution is 0.0151. The van der Waals surface area contributed by atoms with Gasteiger partial charge in [-0.3, -0.25) is 4.90 Å². The van der Waals surface area contributed by atoms with Crippen molar-refractivity contribution in [3.8, 4) is 11.1 Å². The van der Waals surface area contributed by atoms with Crippen molar-refractivity contribution >= 4 is 11.7 Å². The molecule has 4 aliphatic carbocycles. The smallest absolute Gasteiger partial charge is 0.322 e. The molecule has 248 valence electrons. The van der Waals surface area contributed by atoms with E-state index in [1.807, 2.05) is 54.3 Å². The molecule has 1 aromatic heterocycles. The van der Waals surface area contributed by atoms with Crippen LogP contribution >= 0.6 is 0 Å². The number of carbonyl (C=O) groups is 1. The molecule has 0 saturated heterocycles. The predicted octanol–water partition coefficient (Wildman–Crippen LogP) is 7.67. The maximum Gasteiger partial charge on any atom is 0.322 e. The molecule has 2 amide bonds. The van der Waals surface area contributed by atoms with Gasteiger partial charge in [0, 0.05) is 23.7 Å². The van der Waals surface area contributed by atoms with E-state index in [1.54, 1.807) is 13.8 Å². The van der Waals surface area contributed by atoms with Gasteiger partial charge in [-0.2, -0.15) is 4.98 Å². The van der Waals surface area contributed by atoms with Gasteiger partial charge in [0.25, 0.3) is 5.89 Å². The predicted molar refractivity (Wildman–Crippen MR) is 176 cm³/mol. The molecule has 3 aromatic rings. The first-order valence-corrected chi connectivity index (χ1v) is 16.8. The van der Waals surface area contributed by atoms with Gasteiger partial charge < -0.3 is 20.1 Å². The van der Waals surface area contributed by atoms with Gasteiger partial charge in [-0.25, -0.2) is 9.18 Å². The van der Waals surface area contributed by atoms with Crippen molar-refractivity contribution in [2.24, 2.45) is 5.41 Å². The highest BCUT2D eigenvalue weighted by atomic mass is 19.1. The number of aliphatic hydroxyl groups is 2. The third-order valence-electron chi connectivity index (χ3n) is 11.0. The van der Waals surface area contributed by atoms with Gasteiger partial charge in [-0.15, -0.1) is 0 Å². The summed E-state index contributed by atoms with van der Waals surface area (Å²) in [5, 5.41) is 28.4. The monoisotopic (exact) mass is 632 g/mol. The van der Waals surface area contributed by atoms with E-state index in [0.717, 1.165) is 73.7 Å². The van der Waals surface area contributed by atoms with Crippen molar-refractivity contribution in [1.29, 1.82) is 0 Å². The Morgan fingerprint density at radius 3 is 2.17 bits per heavy atom. The molecule has 2 bridgehead atoms. The summed E-state index contributed by atoms with van der Waals surface area (Å²) < 4.78 is 19.9. The second-order valence-corrected chi connectivity index (χ2v) is 15.7. The van der Waals surface area contributed by atoms with E-state index in [4.69, 9.17) is 4.52 Å². The van der Waals surface area contributed by atoms with Gasteiger partial charge in [0.05, 0.1) is 11.2 Å². The number of amides is 2. The topological polar surface area (TPSA) is 112 Å². The SMILES string of the molecule is CC(C)(O)c1ccc(-c2cccc(N(CC34CCC(c5noc(C(C)(C)F)n5)(CC3)CC4)C(=O)N[C@H]3CC[C@](C)(O)CC3)c2)cc1. The Morgan fingerprint density at radius 2 is 1.61 bits per heavy atom. The largest absolute Gasteiger partial charge is 0.390 e. The Kier molecular flexibility index (Phi) is 8.33. The van der Waals surface area contributed by atoms with Crippen LogP contribution in [0.2, 0.25) is 0 Å². The molecule has 7 rings (SSSR count). The van der Waals surface area contributed by atoms with E-state index in [-0.39, 0.29) is 28.8 Å². The molecule has 0 spiro atoms. The summed E-state index contributed by atoms with van der Waals surface area (Å²) in [5.41, 5.74) is 0.159. The second-order valence-electron chi connectivity index (χ2n) is 15.7. The van der Waals surface area contributed by atoms with Crippen LogP contribution < -0.4 is 10.2 Å². The van der Waals surface area contributed by atoms with Gasteiger partial charge in [-0.1, -0.05) is 41.6 Å². The number of urea groups is 1. The molecule has 4 aliphatic rings. The van der Waals surface area contributed by atoms with Crippen LogP contribution in [0.5, 0.6) is 0 Å². The molecule has 46 heavy (non-hydrogen) atoms. The Hall–Kier alpha value is -3.30. The third kappa shape index (κ3) is 6.72. The van der Waals surface area contributed by atoms with E-state index in [9.17, 15) is 19.4 Å². The van der Waals surface area contributed by atoms with E-state index in [1.165, 1.54) is 13.8 Å². The average Bonchev–Trinajstić information content (AvgIpc) is 3.54. The molecule has 8 nitrogen and oxygen atoms in total. The maximum absolute atomic E-state index is 14.5. The fourth-order valence-electron chi connectivity index (χ4n) is 7.69. The Labute approximate surface area is 271 Å². The Morgan fingerprint density at radius 1 is 0.978 bits per heavy atom. The molecule has 4 saturated carbocycles. The fourth-order valence-corrected chi connectivity index (χ4v) is 7.69. The molecule has 9 heteroatoms. The summed E-state index contributed by atoms with van der Waals surface area (Å²) in [5.74, 6) is 0.647. The molecule has 0 unspecified atom stereocenters. The number of aromatic nitrogens is 2. The summed E-state index contributed by atoms with van der Waals surface area (Å²) >= 11 is 0. The van der Waals surface area contributed by atoms with Gasteiger partial charge in [-0.05, 0) is 133 Å². The van der Waals surface area contributed by atoms with Crippen molar-refractivity contribution in [3.63, 3.8) is 0 Å². The Balaban J connectivity index is 1.24. The van der Waals surface area contributed by atoms with Gasteiger partial charge in [0.2, 0.25) is 0 Å². The summed E-state index contributed by atoms with van der Waals surface area (Å²) in [6.07, 6.45) is 8.21. The lowest BCUT2D eigenvalue weighted by atomic mass is 9.53. The molecule has 2 aromatic carbocycles. The molecule has 1 heterocycles. The average molecular weight is 633 g/mol. The molecule has 4 fully saturated rings. The standard InChI is InChI=1S/C37H49FN4O4/c1-33(2,38)31-40-30(41-46-31)37-20-17-36(18-21-37,19-22-37)24-42(32(43)39-28-13-15-35(5,45)16-14-28)29-8-6-7-26(23-29)25-9-11-27(12-10-25)34(3,4)44/h6-12,23,28,44-45H,13-22,24H2,1-5H3,(H,39,43)/t28-,35-,36?,37?. The number of fused-ring (bicyclic) bond motifs is 3. The van der Waals surface area contributed by atoms with Gasteiger partial charge in [0.15, 0.2) is 11.5 Å². The number of hydrogen-bond acceptors (Lipinski definition) is 6. The van der Waals surface area contributed by atoms with Crippen LogP contribution in [-0.4, -0.2) is 44.6 Å². The quantitative estimate of drug-likeness (QED) is 0.235. The van der Waals surface area contributed by atoms with Gasteiger partial charge in [0.1, 0.15) is 0 Å². The first-order chi connectivity index (χ1) is 21.6. The van der Waals surface area contributed by atoms with Crippen molar-refractivity contribution in [1.82, 2.24) is 15.5 Å². The van der Waals surface area contributed by atoms with E-state index in [0.29, 0.717) is 25.2 Å². The van der Waals surface area contributed by atoms with Crippen molar-refractivity contribution < 1.29 is 23.9 Å². The number of nitrogens with zero attached hydrogens (tertiary/aromatic N) is 3. The number of hydrogen-bond donors (Lipinski definition) is 3. The molecule has 0 radical (unpaired) electrons. The number of anilines is 1. The zero-order chi connectivity index (χ0) is 33.0. The zero-order valence-corrected chi connectivity index (χ0v) is 27.9. The molecule has 0 aliphatic heterocycles. The zero-order valence-electron chi connectivity index (χ0n) is 27.9. The van der Waals surface area contributed by atoms with Crippen molar-refractivity contribution in [3.05, 3.63) is 65.8 Å². The number of halogens is 1. The van der Waals surface area contributed by atoms with E-state index >= 15 is 0 Å². The van der Waals surface area contributed by atoms with E-state index in [2.05, 4.69) is 21.5 Å². The van der Waals surface area contributed by atoms with E-state index < -0.39 is 16.9 Å². The van der Waals surface area contributed by atoms with Crippen LogP contribution in [-0.2, 0) is 16.7 Å².